The van der Waals surface area contributed by atoms with Crippen molar-refractivity contribution in [1.82, 2.24) is 15.0 Å². The third kappa shape index (κ3) is 3.19. The molecule has 0 saturated heterocycles. The first kappa shape index (κ1) is 13.3. The summed E-state index contributed by atoms with van der Waals surface area (Å²) in [5.41, 5.74) is 1.23. The lowest BCUT2D eigenvalue weighted by Crippen LogP contribution is -2.12. The highest BCUT2D eigenvalue weighted by Crippen LogP contribution is 2.21. The topological polar surface area (TPSA) is 67.9 Å². The van der Waals surface area contributed by atoms with Gasteiger partial charge in [-0.05, 0) is 13.0 Å². The number of nitrogens with one attached hydrogen (secondary N) is 1. The molecule has 5 heteroatoms. The van der Waals surface area contributed by atoms with Crippen LogP contribution in [-0.2, 0) is 0 Å². The molecule has 0 bridgehead atoms. The predicted octanol–water partition coefficient (Wildman–Crippen LogP) is 2.35. The van der Waals surface area contributed by atoms with Gasteiger partial charge in [-0.25, -0.2) is 4.98 Å². The molecule has 0 aliphatic rings. The summed E-state index contributed by atoms with van der Waals surface area (Å²) in [5, 5.41) is 0. The van der Waals surface area contributed by atoms with Gasteiger partial charge in [0.25, 0.3) is 5.56 Å². The maximum absolute atomic E-state index is 11.7. The smallest absolute Gasteiger partial charge is 0.251 e. The highest BCUT2D eigenvalue weighted by Gasteiger charge is 2.08. The van der Waals surface area contributed by atoms with Crippen LogP contribution in [0.4, 0.5) is 0 Å². The van der Waals surface area contributed by atoms with E-state index in [0.29, 0.717) is 23.9 Å². The summed E-state index contributed by atoms with van der Waals surface area (Å²) in [6, 6.07) is 3.31. The first-order valence-corrected chi connectivity index (χ1v) is 6.29. The Hall–Kier alpha value is -2.17. The van der Waals surface area contributed by atoms with Gasteiger partial charge in [0, 0.05) is 23.7 Å². The van der Waals surface area contributed by atoms with Crippen molar-refractivity contribution in [1.29, 1.82) is 0 Å². The molecule has 0 aliphatic carbocycles. The van der Waals surface area contributed by atoms with Crippen molar-refractivity contribution in [2.45, 2.75) is 26.7 Å². The van der Waals surface area contributed by atoms with Gasteiger partial charge in [-0.1, -0.05) is 13.8 Å². The number of aromatic amines is 1. The summed E-state index contributed by atoms with van der Waals surface area (Å²) in [5.74, 6) is 1.51. The summed E-state index contributed by atoms with van der Waals surface area (Å²) in [4.78, 5) is 23.0. The standard InChI is InChI=1S/C14H17N3O2/c1-4-19-11-5-10(7-15-8-11)12-6-13(18)17-14(16-12)9(2)3/h5-9H,4H2,1-3H3,(H,16,17,18). The zero-order valence-electron chi connectivity index (χ0n) is 11.3. The monoisotopic (exact) mass is 259 g/mol. The Morgan fingerprint density at radius 3 is 2.79 bits per heavy atom. The molecule has 0 spiro atoms. The van der Waals surface area contributed by atoms with E-state index >= 15 is 0 Å². The molecule has 0 aromatic carbocycles. The molecule has 2 heterocycles. The number of nitrogens with zero attached hydrogens (tertiary/aromatic N) is 2. The van der Waals surface area contributed by atoms with Crippen LogP contribution < -0.4 is 10.3 Å². The maximum atomic E-state index is 11.7. The Balaban J connectivity index is 2.46. The Kier molecular flexibility index (Phi) is 3.94. The summed E-state index contributed by atoms with van der Waals surface area (Å²) in [6.45, 7) is 6.45. The van der Waals surface area contributed by atoms with Crippen molar-refractivity contribution in [2.24, 2.45) is 0 Å². The lowest BCUT2D eigenvalue weighted by atomic mass is 10.1. The van der Waals surface area contributed by atoms with Crippen molar-refractivity contribution in [3.8, 4) is 17.0 Å². The zero-order valence-corrected chi connectivity index (χ0v) is 11.3. The van der Waals surface area contributed by atoms with Crippen LogP contribution in [0.25, 0.3) is 11.3 Å². The number of rotatable bonds is 4. The number of pyridine rings is 1. The zero-order chi connectivity index (χ0) is 13.8. The van der Waals surface area contributed by atoms with Gasteiger partial charge < -0.3 is 9.72 Å². The summed E-state index contributed by atoms with van der Waals surface area (Å²) >= 11 is 0. The summed E-state index contributed by atoms with van der Waals surface area (Å²) < 4.78 is 5.40. The Morgan fingerprint density at radius 1 is 1.32 bits per heavy atom. The third-order valence-electron chi connectivity index (χ3n) is 2.63. The molecule has 0 amide bonds. The van der Waals surface area contributed by atoms with Crippen molar-refractivity contribution in [3.05, 3.63) is 40.7 Å². The van der Waals surface area contributed by atoms with E-state index in [-0.39, 0.29) is 11.5 Å². The summed E-state index contributed by atoms with van der Waals surface area (Å²) in [7, 11) is 0. The van der Waals surface area contributed by atoms with Crippen LogP contribution in [0.5, 0.6) is 5.75 Å². The van der Waals surface area contributed by atoms with Crippen LogP contribution in [0.1, 0.15) is 32.5 Å². The van der Waals surface area contributed by atoms with Gasteiger partial charge in [0.1, 0.15) is 11.6 Å². The quantitative estimate of drug-likeness (QED) is 0.915. The van der Waals surface area contributed by atoms with Gasteiger partial charge in [0.15, 0.2) is 0 Å². The van der Waals surface area contributed by atoms with Crippen LogP contribution in [-0.4, -0.2) is 21.6 Å². The molecule has 19 heavy (non-hydrogen) atoms. The fourth-order valence-electron chi connectivity index (χ4n) is 1.70. The van der Waals surface area contributed by atoms with Crippen molar-refractivity contribution >= 4 is 0 Å². The van der Waals surface area contributed by atoms with E-state index in [1.807, 2.05) is 26.8 Å². The Morgan fingerprint density at radius 2 is 2.11 bits per heavy atom. The predicted molar refractivity (Wildman–Crippen MR) is 73.3 cm³/mol. The minimum Gasteiger partial charge on any atom is -0.492 e. The SMILES string of the molecule is CCOc1cncc(-c2cc(=O)[nH]c(C(C)C)n2)c1. The average Bonchev–Trinajstić information content (AvgIpc) is 2.38. The Bertz CT molecular complexity index is 620. The molecule has 0 unspecified atom stereocenters. The highest BCUT2D eigenvalue weighted by atomic mass is 16.5. The molecule has 2 rings (SSSR count). The van der Waals surface area contributed by atoms with E-state index in [2.05, 4.69) is 15.0 Å². The van der Waals surface area contributed by atoms with E-state index < -0.39 is 0 Å². The number of H-pyrrole nitrogens is 1. The van der Waals surface area contributed by atoms with Crippen LogP contribution in [0, 0.1) is 0 Å². The minimum atomic E-state index is -0.157. The fourth-order valence-corrected chi connectivity index (χ4v) is 1.70. The number of ether oxygens (including phenoxy) is 1. The third-order valence-corrected chi connectivity index (χ3v) is 2.63. The molecule has 2 aromatic heterocycles. The van der Waals surface area contributed by atoms with Gasteiger partial charge in [-0.2, -0.15) is 0 Å². The molecule has 1 N–H and O–H groups in total. The lowest BCUT2D eigenvalue weighted by molar-refractivity contribution is 0.339. The second kappa shape index (κ2) is 5.65. The van der Waals surface area contributed by atoms with Gasteiger partial charge in [0.2, 0.25) is 0 Å². The molecule has 0 atom stereocenters. The number of hydrogen-bond acceptors (Lipinski definition) is 4. The van der Waals surface area contributed by atoms with Crippen LogP contribution >= 0.6 is 0 Å². The van der Waals surface area contributed by atoms with E-state index in [1.165, 1.54) is 6.07 Å². The largest absolute Gasteiger partial charge is 0.492 e. The molecule has 0 radical (unpaired) electrons. The van der Waals surface area contributed by atoms with Crippen LogP contribution in [0.15, 0.2) is 29.3 Å². The lowest BCUT2D eigenvalue weighted by Gasteiger charge is -2.08. The second-order valence-electron chi connectivity index (χ2n) is 4.51. The van der Waals surface area contributed by atoms with Crippen LogP contribution in [0.3, 0.4) is 0 Å². The molecule has 2 aromatic rings. The molecule has 0 aliphatic heterocycles. The molecule has 100 valence electrons. The minimum absolute atomic E-state index is 0.157. The van der Waals surface area contributed by atoms with Gasteiger partial charge in [-0.15, -0.1) is 0 Å². The normalized spacial score (nSPS) is 10.7. The molecule has 0 fully saturated rings. The second-order valence-corrected chi connectivity index (χ2v) is 4.51. The number of aromatic nitrogens is 3. The van der Waals surface area contributed by atoms with Gasteiger partial charge >= 0.3 is 0 Å². The van der Waals surface area contributed by atoms with E-state index in [4.69, 9.17) is 4.74 Å². The Labute approximate surface area is 111 Å². The number of hydrogen-bond donors (Lipinski definition) is 1. The molecular formula is C14H17N3O2. The highest BCUT2D eigenvalue weighted by molar-refractivity contribution is 5.59. The fraction of sp³-hybridized carbons (Fsp3) is 0.357. The van der Waals surface area contributed by atoms with E-state index in [1.54, 1.807) is 12.4 Å². The molecular weight excluding hydrogens is 242 g/mol. The molecule has 0 saturated carbocycles. The van der Waals surface area contributed by atoms with Gasteiger partial charge in [-0.3, -0.25) is 9.78 Å². The van der Waals surface area contributed by atoms with Crippen molar-refractivity contribution in [3.63, 3.8) is 0 Å². The first-order valence-electron chi connectivity index (χ1n) is 6.29. The van der Waals surface area contributed by atoms with Crippen molar-refractivity contribution < 1.29 is 4.74 Å². The molecule has 5 nitrogen and oxygen atoms in total. The summed E-state index contributed by atoms with van der Waals surface area (Å²) in [6.07, 6.45) is 3.32. The van der Waals surface area contributed by atoms with E-state index in [9.17, 15) is 4.79 Å². The van der Waals surface area contributed by atoms with E-state index in [0.717, 1.165) is 5.56 Å². The van der Waals surface area contributed by atoms with Gasteiger partial charge in [0.05, 0.1) is 18.5 Å². The van der Waals surface area contributed by atoms with Crippen molar-refractivity contribution in [2.75, 3.05) is 6.61 Å². The maximum Gasteiger partial charge on any atom is 0.251 e. The first-order chi connectivity index (χ1) is 9.10. The average molecular weight is 259 g/mol. The van der Waals surface area contributed by atoms with Crippen LogP contribution in [0.2, 0.25) is 0 Å².